The zero-order valence-corrected chi connectivity index (χ0v) is 20.1. The molecule has 29 heavy (non-hydrogen) atoms. The molecule has 1 aromatic heterocycles. The number of thiazole rings is 1. The van der Waals surface area contributed by atoms with E-state index in [0.717, 1.165) is 23.7 Å². The van der Waals surface area contributed by atoms with Gasteiger partial charge in [0.25, 0.3) is 0 Å². The van der Waals surface area contributed by atoms with Crippen molar-refractivity contribution in [2.75, 3.05) is 24.5 Å². The number of rotatable bonds is 6. The SMILES string of the molecule is CCNC(=NCc1csc(C(C)C)n1)NC1CCN(c2c(F)cccc2F)C1.I. The van der Waals surface area contributed by atoms with E-state index in [0.29, 0.717) is 31.5 Å². The predicted octanol–water partition coefficient (Wildman–Crippen LogP) is 4.50. The minimum absolute atomic E-state index is 0. The summed E-state index contributed by atoms with van der Waals surface area (Å²) in [7, 11) is 0. The smallest absolute Gasteiger partial charge is 0.191 e. The number of benzene rings is 1. The molecule has 1 unspecified atom stereocenters. The van der Waals surface area contributed by atoms with Gasteiger partial charge in [0.05, 0.1) is 17.2 Å². The molecule has 2 N–H and O–H groups in total. The summed E-state index contributed by atoms with van der Waals surface area (Å²) in [4.78, 5) is 11.0. The van der Waals surface area contributed by atoms with Crippen LogP contribution in [0.1, 0.15) is 43.8 Å². The van der Waals surface area contributed by atoms with E-state index < -0.39 is 11.6 Å². The Hall–Kier alpha value is -1.49. The van der Waals surface area contributed by atoms with Gasteiger partial charge in [-0.1, -0.05) is 19.9 Å². The first-order chi connectivity index (χ1) is 13.5. The molecule has 0 spiro atoms. The van der Waals surface area contributed by atoms with E-state index in [1.165, 1.54) is 18.2 Å². The van der Waals surface area contributed by atoms with Crippen molar-refractivity contribution in [3.05, 3.63) is 45.9 Å². The topological polar surface area (TPSA) is 52.6 Å². The monoisotopic (exact) mass is 535 g/mol. The summed E-state index contributed by atoms with van der Waals surface area (Å²) < 4.78 is 28.1. The molecule has 1 aliphatic rings. The number of nitrogens with zero attached hydrogens (tertiary/aromatic N) is 3. The van der Waals surface area contributed by atoms with E-state index in [-0.39, 0.29) is 35.7 Å². The molecule has 1 aromatic carbocycles. The van der Waals surface area contributed by atoms with Crippen LogP contribution in [-0.4, -0.2) is 36.6 Å². The highest BCUT2D eigenvalue weighted by molar-refractivity contribution is 14.0. The van der Waals surface area contributed by atoms with Crippen molar-refractivity contribution in [3.63, 3.8) is 0 Å². The van der Waals surface area contributed by atoms with E-state index >= 15 is 0 Å². The summed E-state index contributed by atoms with van der Waals surface area (Å²) in [6.45, 7) is 8.61. The summed E-state index contributed by atoms with van der Waals surface area (Å²) in [5.74, 6) is 0.0659. The number of anilines is 1. The van der Waals surface area contributed by atoms with Gasteiger partial charge in [0.15, 0.2) is 5.96 Å². The van der Waals surface area contributed by atoms with Crippen LogP contribution in [0.3, 0.4) is 0 Å². The number of aromatic nitrogens is 1. The van der Waals surface area contributed by atoms with Crippen LogP contribution in [0.25, 0.3) is 0 Å². The maximum absolute atomic E-state index is 14.0. The number of hydrogen-bond acceptors (Lipinski definition) is 4. The lowest BCUT2D eigenvalue weighted by Gasteiger charge is -2.21. The van der Waals surface area contributed by atoms with Crippen LogP contribution in [0, 0.1) is 11.6 Å². The Balaban J connectivity index is 0.00000300. The van der Waals surface area contributed by atoms with Crippen molar-refractivity contribution in [1.82, 2.24) is 15.6 Å². The lowest BCUT2D eigenvalue weighted by atomic mass is 10.2. The average molecular weight is 535 g/mol. The second kappa shape index (κ2) is 11.1. The molecular formula is C20H28F2IN5S. The maximum Gasteiger partial charge on any atom is 0.191 e. The molecule has 5 nitrogen and oxygen atoms in total. The summed E-state index contributed by atoms with van der Waals surface area (Å²) in [6, 6.07) is 4.05. The molecule has 0 radical (unpaired) electrons. The van der Waals surface area contributed by atoms with Gasteiger partial charge in [0.2, 0.25) is 0 Å². The van der Waals surface area contributed by atoms with Crippen molar-refractivity contribution in [3.8, 4) is 0 Å². The third-order valence-electron chi connectivity index (χ3n) is 4.59. The Morgan fingerprint density at radius 3 is 2.69 bits per heavy atom. The van der Waals surface area contributed by atoms with E-state index in [1.54, 1.807) is 16.2 Å². The van der Waals surface area contributed by atoms with Gasteiger partial charge in [-0.05, 0) is 25.5 Å². The van der Waals surface area contributed by atoms with E-state index in [9.17, 15) is 8.78 Å². The molecule has 0 saturated carbocycles. The summed E-state index contributed by atoms with van der Waals surface area (Å²) >= 11 is 1.66. The number of nitrogens with one attached hydrogen (secondary N) is 2. The third-order valence-corrected chi connectivity index (χ3v) is 5.78. The number of halogens is 3. The van der Waals surface area contributed by atoms with Gasteiger partial charge >= 0.3 is 0 Å². The quantitative estimate of drug-likeness (QED) is 0.325. The van der Waals surface area contributed by atoms with Crippen LogP contribution in [-0.2, 0) is 6.54 Å². The fourth-order valence-corrected chi connectivity index (χ4v) is 4.03. The van der Waals surface area contributed by atoms with E-state index in [2.05, 4.69) is 34.5 Å². The molecule has 9 heteroatoms. The van der Waals surface area contributed by atoms with Crippen LogP contribution in [0.15, 0.2) is 28.6 Å². The molecule has 0 amide bonds. The molecule has 3 rings (SSSR count). The van der Waals surface area contributed by atoms with Gasteiger partial charge in [-0.2, -0.15) is 0 Å². The van der Waals surface area contributed by atoms with Crippen molar-refractivity contribution in [2.24, 2.45) is 4.99 Å². The largest absolute Gasteiger partial charge is 0.365 e. The third kappa shape index (κ3) is 6.24. The Bertz CT molecular complexity index is 807. The van der Waals surface area contributed by atoms with Crippen LogP contribution in [0.2, 0.25) is 0 Å². The number of guanidine groups is 1. The van der Waals surface area contributed by atoms with E-state index in [4.69, 9.17) is 0 Å². The van der Waals surface area contributed by atoms with Crippen LogP contribution < -0.4 is 15.5 Å². The molecule has 1 aliphatic heterocycles. The van der Waals surface area contributed by atoms with Crippen molar-refractivity contribution < 1.29 is 8.78 Å². The zero-order valence-electron chi connectivity index (χ0n) is 16.9. The molecule has 2 aromatic rings. The average Bonchev–Trinajstić information content (AvgIpc) is 3.29. The first-order valence-corrected chi connectivity index (χ1v) is 10.5. The molecule has 1 fully saturated rings. The van der Waals surface area contributed by atoms with Gasteiger partial charge in [0.1, 0.15) is 17.3 Å². The van der Waals surface area contributed by atoms with Gasteiger partial charge in [-0.25, -0.2) is 18.8 Å². The van der Waals surface area contributed by atoms with Gasteiger partial charge in [-0.15, -0.1) is 35.3 Å². The highest BCUT2D eigenvalue weighted by atomic mass is 127. The van der Waals surface area contributed by atoms with Gasteiger partial charge in [0, 0.05) is 37.0 Å². The standard InChI is InChI=1S/C20H27F2N5S.HI/c1-4-23-20(24-10-15-12-28-19(25-15)13(2)3)26-14-8-9-27(11-14)18-16(21)6-5-7-17(18)22;/h5-7,12-14H,4,8-11H2,1-3H3,(H2,23,24,26);1H. The maximum atomic E-state index is 14.0. The highest BCUT2D eigenvalue weighted by Gasteiger charge is 2.27. The Morgan fingerprint density at radius 2 is 2.07 bits per heavy atom. The van der Waals surface area contributed by atoms with Gasteiger partial charge in [-0.3, -0.25) is 0 Å². The zero-order chi connectivity index (χ0) is 20.1. The molecule has 0 bridgehead atoms. The Kier molecular flexibility index (Phi) is 9.06. The molecule has 1 saturated heterocycles. The predicted molar refractivity (Wildman–Crippen MR) is 127 cm³/mol. The van der Waals surface area contributed by atoms with Crippen LogP contribution >= 0.6 is 35.3 Å². The Morgan fingerprint density at radius 1 is 1.34 bits per heavy atom. The van der Waals surface area contributed by atoms with Crippen LogP contribution in [0.5, 0.6) is 0 Å². The normalized spacial score (nSPS) is 16.8. The van der Waals surface area contributed by atoms with Crippen molar-refractivity contribution in [1.29, 1.82) is 0 Å². The molecule has 2 heterocycles. The summed E-state index contributed by atoms with van der Waals surface area (Å²) in [5, 5.41) is 9.77. The molecule has 160 valence electrons. The summed E-state index contributed by atoms with van der Waals surface area (Å²) in [6.07, 6.45) is 0.784. The first kappa shape index (κ1) is 23.8. The number of hydrogen-bond donors (Lipinski definition) is 2. The lowest BCUT2D eigenvalue weighted by Crippen LogP contribution is -2.44. The molecular weight excluding hydrogens is 507 g/mol. The minimum atomic E-state index is -0.522. The van der Waals surface area contributed by atoms with Crippen LogP contribution in [0.4, 0.5) is 14.5 Å². The molecule has 1 atom stereocenters. The van der Waals surface area contributed by atoms with Crippen molar-refractivity contribution >= 4 is 47.0 Å². The highest BCUT2D eigenvalue weighted by Crippen LogP contribution is 2.26. The minimum Gasteiger partial charge on any atom is -0.365 e. The van der Waals surface area contributed by atoms with E-state index in [1.807, 2.05) is 12.3 Å². The van der Waals surface area contributed by atoms with Gasteiger partial charge < -0.3 is 15.5 Å². The molecule has 0 aliphatic carbocycles. The fourth-order valence-electron chi connectivity index (χ4n) is 3.21. The Labute approximate surface area is 192 Å². The second-order valence-corrected chi connectivity index (χ2v) is 8.06. The van der Waals surface area contributed by atoms with Crippen molar-refractivity contribution in [2.45, 2.75) is 45.7 Å². The fraction of sp³-hybridized carbons (Fsp3) is 0.500. The number of aliphatic imine (C=N–C) groups is 1. The number of para-hydroxylation sites is 1. The lowest BCUT2D eigenvalue weighted by molar-refractivity contribution is 0.576. The second-order valence-electron chi connectivity index (χ2n) is 7.17. The first-order valence-electron chi connectivity index (χ1n) is 9.66. The summed E-state index contributed by atoms with van der Waals surface area (Å²) in [5.41, 5.74) is 1.00.